The summed E-state index contributed by atoms with van der Waals surface area (Å²) in [6.45, 7) is 18.7. The van der Waals surface area contributed by atoms with Crippen LogP contribution in [0.1, 0.15) is 86.9 Å². The molecule has 3 N–H and O–H groups in total. The number of ether oxygens (including phenoxy) is 3. The largest absolute Gasteiger partial charge is 0.487 e. The molecule has 52 heavy (non-hydrogen) atoms. The van der Waals surface area contributed by atoms with Gasteiger partial charge in [-0.1, -0.05) is 44.2 Å². The fourth-order valence-corrected chi connectivity index (χ4v) is 7.37. The Bertz CT molecular complexity index is 2220. The fraction of sp³-hybridized carbons (Fsp3) is 0.381. The molecule has 5 heterocycles. The Morgan fingerprint density at radius 1 is 0.885 bits per heavy atom. The minimum absolute atomic E-state index is 0.0423. The number of carbonyl (C=O) groups excluding carboxylic acids is 2. The van der Waals surface area contributed by atoms with Crippen LogP contribution in [0.5, 0.6) is 5.75 Å². The summed E-state index contributed by atoms with van der Waals surface area (Å²) < 4.78 is 16.9. The number of fused-ring (bicyclic) bond motifs is 11. The number of nitrogens with zero attached hydrogens (tertiary/aromatic N) is 2. The first-order chi connectivity index (χ1) is 24.9. The number of aromatic nitrogens is 4. The number of aromatic amines is 2. The molecule has 0 amide bonds. The standard InChI is InChI=1S/C42H48N4O6/c1-9-28-24(4)32-20-36-30-13-11-23(3)27(7)42(30,8)38(46-36)22-33-26(6)41(52-18-17-51-39(48)10-2)37(45-33)21-35-29(12-14-40(49)50-16-15-47)25(5)31(44-35)19-34(28)43-32/h9,11,13,19-22,27,44-45,47H,1,10,12,14-18H2,2-8H3/t27-,42-/m1/s1. The maximum Gasteiger partial charge on any atom is 0.306 e. The highest BCUT2D eigenvalue weighted by Gasteiger charge is 2.45. The fourth-order valence-electron chi connectivity index (χ4n) is 7.37. The van der Waals surface area contributed by atoms with Gasteiger partial charge in [0.15, 0.2) is 0 Å². The van der Waals surface area contributed by atoms with Gasteiger partial charge in [0.25, 0.3) is 0 Å². The summed E-state index contributed by atoms with van der Waals surface area (Å²) in [5.74, 6) is 0.146. The molecule has 10 nitrogen and oxygen atoms in total. The van der Waals surface area contributed by atoms with Gasteiger partial charge < -0.3 is 29.3 Å². The normalized spacial score (nSPS) is 18.0. The molecule has 3 aromatic heterocycles. The SMILES string of the molecule is C=CC1=C(C)c2cc3nc(cc4[nH]c(cc5[nH]c(cc1n2)c(C)c5CCC(=O)OCCO)c(OCCOC(=O)CC)c4C)[C@@]1(C)C3=CC=C(C)[C@H]1C. The van der Waals surface area contributed by atoms with Crippen LogP contribution < -0.4 is 4.74 Å². The molecule has 3 aliphatic rings. The van der Waals surface area contributed by atoms with E-state index < -0.39 is 5.41 Å². The molecule has 272 valence electrons. The Kier molecular flexibility index (Phi) is 10.4. The summed E-state index contributed by atoms with van der Waals surface area (Å²) in [5, 5.41) is 9.16. The number of aryl methyl sites for hydroxylation is 3. The molecule has 0 fully saturated rings. The number of esters is 2. The molecule has 0 spiro atoms. The molecule has 8 bridgehead atoms. The molecule has 0 unspecified atom stereocenters. The second kappa shape index (κ2) is 14.8. The van der Waals surface area contributed by atoms with Gasteiger partial charge >= 0.3 is 11.9 Å². The van der Waals surface area contributed by atoms with E-state index in [1.54, 1.807) is 6.92 Å². The molecule has 0 aromatic carbocycles. The molecule has 0 saturated carbocycles. The Hall–Kier alpha value is -5.22. The molecule has 1 aliphatic carbocycles. The summed E-state index contributed by atoms with van der Waals surface area (Å²) in [6.07, 6.45) is 7.05. The second-order valence-corrected chi connectivity index (χ2v) is 13.8. The topological polar surface area (TPSA) is 139 Å². The van der Waals surface area contributed by atoms with Gasteiger partial charge in [0.2, 0.25) is 0 Å². The van der Waals surface area contributed by atoms with Crippen LogP contribution in [-0.4, -0.2) is 63.4 Å². The highest BCUT2D eigenvalue weighted by atomic mass is 16.6. The van der Waals surface area contributed by atoms with Crippen molar-refractivity contribution in [3.05, 3.63) is 94.1 Å². The minimum Gasteiger partial charge on any atom is -0.487 e. The van der Waals surface area contributed by atoms with E-state index >= 15 is 0 Å². The van der Waals surface area contributed by atoms with E-state index in [4.69, 9.17) is 29.3 Å². The Morgan fingerprint density at radius 3 is 2.35 bits per heavy atom. The molecular formula is C42H48N4O6. The van der Waals surface area contributed by atoms with E-state index in [0.717, 1.165) is 72.7 Å². The number of H-pyrrole nitrogens is 2. The zero-order valence-corrected chi connectivity index (χ0v) is 31.2. The van der Waals surface area contributed by atoms with Gasteiger partial charge in [-0.15, -0.1) is 0 Å². The van der Waals surface area contributed by atoms with E-state index in [9.17, 15) is 9.59 Å². The van der Waals surface area contributed by atoms with E-state index in [1.165, 1.54) is 5.57 Å². The van der Waals surface area contributed by atoms with Crippen molar-refractivity contribution in [3.8, 4) is 5.75 Å². The molecule has 10 heteroatoms. The van der Waals surface area contributed by atoms with Crippen LogP contribution in [0.3, 0.4) is 0 Å². The first-order valence-corrected chi connectivity index (χ1v) is 17.9. The molecule has 6 rings (SSSR count). The summed E-state index contributed by atoms with van der Waals surface area (Å²) in [6, 6.07) is 8.23. The van der Waals surface area contributed by atoms with Crippen molar-refractivity contribution >= 4 is 50.7 Å². The predicted molar refractivity (Wildman–Crippen MR) is 205 cm³/mol. The molecule has 3 aromatic rings. The van der Waals surface area contributed by atoms with E-state index in [2.05, 4.69) is 68.5 Å². The van der Waals surface area contributed by atoms with Crippen LogP contribution in [0.15, 0.2) is 54.6 Å². The van der Waals surface area contributed by atoms with Crippen LogP contribution in [0.25, 0.3) is 38.8 Å². The van der Waals surface area contributed by atoms with E-state index in [0.29, 0.717) is 24.1 Å². The van der Waals surface area contributed by atoms with Crippen molar-refractivity contribution in [2.75, 3.05) is 26.4 Å². The summed E-state index contributed by atoms with van der Waals surface area (Å²) in [7, 11) is 0. The highest BCUT2D eigenvalue weighted by molar-refractivity contribution is 5.97. The average Bonchev–Trinajstić information content (AvgIpc) is 3.78. The lowest BCUT2D eigenvalue weighted by Crippen LogP contribution is -2.31. The van der Waals surface area contributed by atoms with Gasteiger partial charge in [0.05, 0.1) is 34.9 Å². The van der Waals surface area contributed by atoms with Crippen LogP contribution in [0.2, 0.25) is 0 Å². The number of hydrogen-bond acceptors (Lipinski definition) is 8. The second-order valence-electron chi connectivity index (χ2n) is 13.8. The van der Waals surface area contributed by atoms with Crippen LogP contribution in [-0.2, 0) is 30.9 Å². The molecule has 0 saturated heterocycles. The first kappa shape index (κ1) is 36.6. The lowest BCUT2D eigenvalue weighted by molar-refractivity contribution is -0.145. The Labute approximate surface area is 304 Å². The highest BCUT2D eigenvalue weighted by Crippen LogP contribution is 2.51. The number of allylic oxidation sites excluding steroid dienone is 7. The quantitative estimate of drug-likeness (QED) is 0.136. The van der Waals surface area contributed by atoms with Gasteiger partial charge in [0.1, 0.15) is 25.6 Å². The summed E-state index contributed by atoms with van der Waals surface area (Å²) in [4.78, 5) is 42.1. The van der Waals surface area contributed by atoms with Crippen molar-refractivity contribution in [1.29, 1.82) is 0 Å². The van der Waals surface area contributed by atoms with Crippen LogP contribution >= 0.6 is 0 Å². The molecule has 2 aliphatic heterocycles. The minimum atomic E-state index is -0.394. The average molecular weight is 705 g/mol. The third-order valence-electron chi connectivity index (χ3n) is 10.8. The van der Waals surface area contributed by atoms with Gasteiger partial charge in [-0.3, -0.25) is 14.6 Å². The van der Waals surface area contributed by atoms with Gasteiger partial charge in [-0.05, 0) is 93.5 Å². The van der Waals surface area contributed by atoms with Crippen LogP contribution in [0, 0.1) is 19.8 Å². The van der Waals surface area contributed by atoms with E-state index in [1.807, 2.05) is 32.1 Å². The molecule has 2 atom stereocenters. The molecular weight excluding hydrogens is 656 g/mol. The predicted octanol–water partition coefficient (Wildman–Crippen LogP) is 7.79. The van der Waals surface area contributed by atoms with Crippen molar-refractivity contribution in [2.24, 2.45) is 5.92 Å². The van der Waals surface area contributed by atoms with Gasteiger partial charge in [-0.2, -0.15) is 0 Å². The maximum atomic E-state index is 12.6. The number of aliphatic hydroxyl groups is 1. The number of carbonyl (C=O) groups is 2. The van der Waals surface area contributed by atoms with Crippen molar-refractivity contribution in [2.45, 2.75) is 73.1 Å². The lowest BCUT2D eigenvalue weighted by atomic mass is 9.65. The lowest BCUT2D eigenvalue weighted by Gasteiger charge is -2.36. The van der Waals surface area contributed by atoms with Crippen molar-refractivity contribution < 1.29 is 28.9 Å². The molecule has 0 radical (unpaired) electrons. The van der Waals surface area contributed by atoms with Crippen molar-refractivity contribution in [1.82, 2.24) is 19.9 Å². The zero-order chi connectivity index (χ0) is 37.3. The Balaban J connectivity index is 1.65. The number of nitrogens with one attached hydrogen (secondary N) is 2. The Morgan fingerprint density at radius 2 is 1.62 bits per heavy atom. The summed E-state index contributed by atoms with van der Waals surface area (Å²) in [5.41, 5.74) is 13.4. The number of rotatable bonds is 11. The maximum absolute atomic E-state index is 12.6. The van der Waals surface area contributed by atoms with Crippen LogP contribution in [0.4, 0.5) is 0 Å². The van der Waals surface area contributed by atoms with Crippen molar-refractivity contribution in [3.63, 3.8) is 0 Å². The number of hydrogen-bond donors (Lipinski definition) is 3. The van der Waals surface area contributed by atoms with Gasteiger partial charge in [-0.25, -0.2) is 4.98 Å². The summed E-state index contributed by atoms with van der Waals surface area (Å²) >= 11 is 0. The monoisotopic (exact) mass is 704 g/mol. The zero-order valence-electron chi connectivity index (χ0n) is 31.2. The third-order valence-corrected chi connectivity index (χ3v) is 10.8. The third kappa shape index (κ3) is 6.63. The first-order valence-electron chi connectivity index (χ1n) is 17.9. The number of aliphatic hydroxyl groups excluding tert-OH is 1. The van der Waals surface area contributed by atoms with E-state index in [-0.39, 0.29) is 50.7 Å². The van der Waals surface area contributed by atoms with Gasteiger partial charge in [0, 0.05) is 45.9 Å². The smallest absolute Gasteiger partial charge is 0.306 e.